The molecule has 2 N–H and O–H groups in total. The van der Waals surface area contributed by atoms with Crippen molar-refractivity contribution in [3.8, 4) is 0 Å². The fourth-order valence-electron chi connectivity index (χ4n) is 4.24. The second-order valence-electron chi connectivity index (χ2n) is 8.62. The number of benzene rings is 2. The van der Waals surface area contributed by atoms with Crippen molar-refractivity contribution in [1.82, 2.24) is 15.2 Å². The number of carbonyl (C=O) groups excluding carboxylic acids is 2. The first-order valence-electron chi connectivity index (χ1n) is 11.6. The van der Waals surface area contributed by atoms with Gasteiger partial charge in [-0.05, 0) is 60.9 Å². The summed E-state index contributed by atoms with van der Waals surface area (Å²) in [6.07, 6.45) is 3.57. The highest BCUT2D eigenvalue weighted by molar-refractivity contribution is 6.39. The molecule has 0 saturated carbocycles. The fourth-order valence-corrected chi connectivity index (χ4v) is 4.24. The van der Waals surface area contributed by atoms with Crippen molar-refractivity contribution in [2.45, 2.75) is 19.9 Å². The van der Waals surface area contributed by atoms with Crippen molar-refractivity contribution in [3.05, 3.63) is 89.7 Å². The van der Waals surface area contributed by atoms with E-state index in [1.54, 1.807) is 12.3 Å². The number of carbonyl (C=O) groups is 2. The molecule has 3 aromatic rings. The summed E-state index contributed by atoms with van der Waals surface area (Å²) >= 11 is 0. The van der Waals surface area contributed by atoms with Gasteiger partial charge in [-0.1, -0.05) is 30.3 Å². The molecule has 34 heavy (non-hydrogen) atoms. The number of nitrogens with zero attached hydrogens (tertiary/aromatic N) is 3. The van der Waals surface area contributed by atoms with Crippen LogP contribution in [-0.2, 0) is 9.59 Å². The van der Waals surface area contributed by atoms with E-state index < -0.39 is 11.8 Å². The quantitative estimate of drug-likeness (QED) is 0.556. The summed E-state index contributed by atoms with van der Waals surface area (Å²) in [5.74, 6) is -1.31. The molecule has 2 aromatic carbocycles. The lowest BCUT2D eigenvalue weighted by Gasteiger charge is -2.40. The molecular formula is C27H31N5O2. The molecule has 2 amide bonds. The van der Waals surface area contributed by atoms with Crippen LogP contribution in [0.15, 0.2) is 73.1 Å². The molecule has 0 aliphatic carbocycles. The number of anilines is 2. The van der Waals surface area contributed by atoms with Gasteiger partial charge in [0.2, 0.25) is 0 Å². The first kappa shape index (κ1) is 23.4. The van der Waals surface area contributed by atoms with E-state index in [9.17, 15) is 9.59 Å². The smallest absolute Gasteiger partial charge is 0.313 e. The molecule has 7 nitrogen and oxygen atoms in total. The Morgan fingerprint density at radius 1 is 0.912 bits per heavy atom. The number of rotatable bonds is 6. The monoisotopic (exact) mass is 457 g/mol. The van der Waals surface area contributed by atoms with Crippen LogP contribution in [0.5, 0.6) is 0 Å². The number of hydrogen-bond acceptors (Lipinski definition) is 5. The lowest BCUT2D eigenvalue weighted by atomic mass is 10.1. The Bertz CT molecular complexity index is 1110. The lowest BCUT2D eigenvalue weighted by Crippen LogP contribution is -2.50. The Morgan fingerprint density at radius 3 is 2.35 bits per heavy atom. The molecule has 1 aromatic heterocycles. The third-order valence-electron chi connectivity index (χ3n) is 6.37. The maximum absolute atomic E-state index is 12.6. The van der Waals surface area contributed by atoms with Gasteiger partial charge < -0.3 is 15.5 Å². The second kappa shape index (κ2) is 10.9. The molecule has 1 atom stereocenters. The van der Waals surface area contributed by atoms with Crippen LogP contribution in [0.2, 0.25) is 0 Å². The van der Waals surface area contributed by atoms with E-state index in [1.807, 2.05) is 50.4 Å². The number of hydrogen-bond donors (Lipinski definition) is 2. The van der Waals surface area contributed by atoms with Gasteiger partial charge in [-0.25, -0.2) is 0 Å². The summed E-state index contributed by atoms with van der Waals surface area (Å²) in [5.41, 5.74) is 5.05. The van der Waals surface area contributed by atoms with E-state index in [0.717, 1.165) is 42.9 Å². The van der Waals surface area contributed by atoms with Gasteiger partial charge in [0.05, 0.1) is 6.04 Å². The summed E-state index contributed by atoms with van der Waals surface area (Å²) in [5, 5.41) is 5.53. The van der Waals surface area contributed by atoms with Crippen LogP contribution < -0.4 is 15.5 Å². The summed E-state index contributed by atoms with van der Waals surface area (Å²) in [4.78, 5) is 34.0. The molecule has 0 bridgehead atoms. The number of nitrogens with one attached hydrogen (secondary N) is 2. The van der Waals surface area contributed by atoms with Crippen molar-refractivity contribution in [3.63, 3.8) is 0 Å². The third kappa shape index (κ3) is 5.80. The highest BCUT2D eigenvalue weighted by atomic mass is 16.2. The van der Waals surface area contributed by atoms with Crippen molar-refractivity contribution in [2.75, 3.05) is 42.9 Å². The molecular weight excluding hydrogens is 426 g/mol. The zero-order chi connectivity index (χ0) is 23.9. The summed E-state index contributed by atoms with van der Waals surface area (Å²) in [6.45, 7) is 7.78. The van der Waals surface area contributed by atoms with Crippen LogP contribution in [-0.4, -0.2) is 54.4 Å². The Morgan fingerprint density at radius 2 is 1.68 bits per heavy atom. The zero-order valence-corrected chi connectivity index (χ0v) is 19.7. The van der Waals surface area contributed by atoms with Crippen molar-refractivity contribution >= 4 is 23.2 Å². The minimum absolute atomic E-state index is 0.0648. The summed E-state index contributed by atoms with van der Waals surface area (Å²) in [7, 11) is 0. The molecule has 1 aliphatic rings. The van der Waals surface area contributed by atoms with Crippen LogP contribution in [0.25, 0.3) is 0 Å². The lowest BCUT2D eigenvalue weighted by molar-refractivity contribution is -0.136. The van der Waals surface area contributed by atoms with Crippen LogP contribution in [0.1, 0.15) is 22.7 Å². The maximum atomic E-state index is 12.6. The number of amides is 2. The van der Waals surface area contributed by atoms with E-state index >= 15 is 0 Å². The van der Waals surface area contributed by atoms with Crippen molar-refractivity contribution in [2.24, 2.45) is 0 Å². The van der Waals surface area contributed by atoms with Gasteiger partial charge in [0.25, 0.3) is 0 Å². The zero-order valence-electron chi connectivity index (χ0n) is 19.7. The topological polar surface area (TPSA) is 77.6 Å². The predicted molar refractivity (Wildman–Crippen MR) is 135 cm³/mol. The number of piperazine rings is 1. The van der Waals surface area contributed by atoms with Crippen molar-refractivity contribution in [1.29, 1.82) is 0 Å². The van der Waals surface area contributed by atoms with Crippen LogP contribution >= 0.6 is 0 Å². The van der Waals surface area contributed by atoms with E-state index in [2.05, 4.69) is 49.7 Å². The molecule has 0 unspecified atom stereocenters. The molecule has 7 heteroatoms. The van der Waals surface area contributed by atoms with Crippen molar-refractivity contribution < 1.29 is 9.59 Å². The third-order valence-corrected chi connectivity index (χ3v) is 6.37. The average Bonchev–Trinajstić information content (AvgIpc) is 2.88. The SMILES string of the molecule is Cc1ccc(NC(=O)C(=O)NC[C@@H](c2cccnc2)N2CCN(c3ccccc3)CC2)cc1C. The number of aromatic nitrogens is 1. The highest BCUT2D eigenvalue weighted by Crippen LogP contribution is 2.23. The second-order valence-corrected chi connectivity index (χ2v) is 8.62. The van der Waals surface area contributed by atoms with Gasteiger partial charge in [-0.3, -0.25) is 19.5 Å². The molecule has 1 saturated heterocycles. The van der Waals surface area contributed by atoms with E-state index in [1.165, 1.54) is 5.69 Å². The summed E-state index contributed by atoms with van der Waals surface area (Å²) in [6, 6.07) is 19.8. The predicted octanol–water partition coefficient (Wildman–Crippen LogP) is 3.32. The largest absolute Gasteiger partial charge is 0.369 e. The van der Waals surface area contributed by atoms with Gasteiger partial charge in [0.1, 0.15) is 0 Å². The van der Waals surface area contributed by atoms with Crippen LogP contribution in [0, 0.1) is 13.8 Å². The van der Waals surface area contributed by atoms with Gasteiger partial charge >= 0.3 is 11.8 Å². The molecule has 0 radical (unpaired) electrons. The van der Waals surface area contributed by atoms with Gasteiger partial charge in [-0.15, -0.1) is 0 Å². The number of aryl methyl sites for hydroxylation is 2. The van der Waals surface area contributed by atoms with Crippen LogP contribution in [0.4, 0.5) is 11.4 Å². The number of pyridine rings is 1. The normalized spacial score (nSPS) is 14.9. The molecule has 176 valence electrons. The Kier molecular flexibility index (Phi) is 7.54. The van der Waals surface area contributed by atoms with E-state index in [4.69, 9.17) is 0 Å². The molecule has 1 fully saturated rings. The maximum Gasteiger partial charge on any atom is 0.313 e. The molecule has 2 heterocycles. The Hall–Kier alpha value is -3.71. The molecule has 0 spiro atoms. The van der Waals surface area contributed by atoms with Gasteiger partial charge in [-0.2, -0.15) is 0 Å². The highest BCUT2D eigenvalue weighted by Gasteiger charge is 2.26. The summed E-state index contributed by atoms with van der Waals surface area (Å²) < 4.78 is 0. The van der Waals surface area contributed by atoms with E-state index in [-0.39, 0.29) is 6.04 Å². The Labute approximate surface area is 200 Å². The number of para-hydroxylation sites is 1. The first-order valence-corrected chi connectivity index (χ1v) is 11.6. The minimum Gasteiger partial charge on any atom is -0.369 e. The average molecular weight is 458 g/mol. The van der Waals surface area contributed by atoms with E-state index in [0.29, 0.717) is 12.2 Å². The fraction of sp³-hybridized carbons (Fsp3) is 0.296. The standard InChI is InChI=1S/C27H31N5O2/c1-20-10-11-23(17-21(20)2)30-27(34)26(33)29-19-25(22-7-6-12-28-18-22)32-15-13-31(14-16-32)24-8-4-3-5-9-24/h3-12,17-18,25H,13-16,19H2,1-2H3,(H,29,33)(H,30,34)/t25-/m0/s1. The minimum atomic E-state index is -0.665. The Balaban J connectivity index is 1.38. The van der Waals surface area contributed by atoms with Gasteiger partial charge in [0.15, 0.2) is 0 Å². The van der Waals surface area contributed by atoms with Gasteiger partial charge in [0, 0.05) is 56.5 Å². The van der Waals surface area contributed by atoms with Crippen LogP contribution in [0.3, 0.4) is 0 Å². The first-order chi connectivity index (χ1) is 16.5. The molecule has 1 aliphatic heterocycles. The molecule has 4 rings (SSSR count).